The number of carbonyl (C=O) groups is 3. The lowest BCUT2D eigenvalue weighted by Gasteiger charge is -2.27. The third-order valence-corrected chi connectivity index (χ3v) is 5.70. The molecule has 2 aliphatic heterocycles. The largest absolute Gasteiger partial charge is 0.378 e. The normalized spacial score (nSPS) is 19.2. The van der Waals surface area contributed by atoms with E-state index in [4.69, 9.17) is 4.74 Å². The monoisotopic (exact) mass is 400 g/mol. The molecule has 0 radical (unpaired) electrons. The van der Waals surface area contributed by atoms with Gasteiger partial charge in [-0.25, -0.2) is 4.98 Å². The zero-order valence-corrected chi connectivity index (χ0v) is 16.3. The predicted molar refractivity (Wildman–Crippen MR) is 105 cm³/mol. The van der Waals surface area contributed by atoms with E-state index in [1.165, 1.54) is 0 Å². The van der Waals surface area contributed by atoms with Crippen LogP contribution in [-0.4, -0.2) is 69.3 Å². The molecule has 0 spiro atoms. The van der Waals surface area contributed by atoms with Gasteiger partial charge in [0.25, 0.3) is 11.1 Å². The second kappa shape index (κ2) is 7.76. The number of fused-ring (bicyclic) bond motifs is 1. The molecule has 4 rings (SSSR count). The van der Waals surface area contributed by atoms with E-state index in [1.807, 2.05) is 35.8 Å². The fraction of sp³-hybridized carbons (Fsp3) is 0.368. The van der Waals surface area contributed by atoms with Crippen LogP contribution in [-0.2, 0) is 20.9 Å². The molecule has 9 heteroatoms. The van der Waals surface area contributed by atoms with Crippen LogP contribution in [0.4, 0.5) is 4.79 Å². The number of carbonyl (C=O) groups excluding carboxylic acids is 3. The second-order valence-electron chi connectivity index (χ2n) is 6.46. The highest BCUT2D eigenvalue weighted by Crippen LogP contribution is 2.32. The van der Waals surface area contributed by atoms with Crippen LogP contribution in [0.3, 0.4) is 0 Å². The number of ether oxygens (including phenoxy) is 1. The average molecular weight is 400 g/mol. The summed E-state index contributed by atoms with van der Waals surface area (Å²) in [6.45, 7) is 4.34. The summed E-state index contributed by atoms with van der Waals surface area (Å²) < 4.78 is 7.22. The molecule has 1 aromatic heterocycles. The van der Waals surface area contributed by atoms with Crippen LogP contribution in [0, 0.1) is 0 Å². The molecule has 1 aromatic carbocycles. The molecule has 2 aromatic rings. The van der Waals surface area contributed by atoms with Gasteiger partial charge in [0.05, 0.1) is 29.2 Å². The maximum atomic E-state index is 12.7. The lowest BCUT2D eigenvalue weighted by Crippen LogP contribution is -2.46. The molecule has 0 N–H and O–H groups in total. The van der Waals surface area contributed by atoms with Gasteiger partial charge in [-0.15, -0.1) is 0 Å². The smallest absolute Gasteiger partial charge is 0.294 e. The predicted octanol–water partition coefficient (Wildman–Crippen LogP) is 1.95. The molecule has 0 saturated carbocycles. The van der Waals surface area contributed by atoms with Gasteiger partial charge in [-0.05, 0) is 30.8 Å². The number of aryl methyl sites for hydroxylation is 1. The summed E-state index contributed by atoms with van der Waals surface area (Å²) in [5, 5.41) is -0.433. The van der Waals surface area contributed by atoms with Gasteiger partial charge in [-0.2, -0.15) is 0 Å². The van der Waals surface area contributed by atoms with Crippen LogP contribution < -0.4 is 0 Å². The molecule has 8 nitrogen and oxygen atoms in total. The maximum Gasteiger partial charge on any atom is 0.294 e. The summed E-state index contributed by atoms with van der Waals surface area (Å²) in [5.74, 6) is -0.0762. The van der Waals surface area contributed by atoms with Crippen LogP contribution in [0.15, 0.2) is 29.2 Å². The van der Waals surface area contributed by atoms with E-state index < -0.39 is 11.1 Å². The Bertz CT molecular complexity index is 977. The van der Waals surface area contributed by atoms with Gasteiger partial charge >= 0.3 is 0 Å². The van der Waals surface area contributed by atoms with Crippen molar-refractivity contribution in [3.05, 3.63) is 35.0 Å². The number of hydrogen-bond acceptors (Lipinski definition) is 6. The minimum absolute atomic E-state index is 0.243. The number of para-hydroxylation sites is 2. The summed E-state index contributed by atoms with van der Waals surface area (Å²) >= 11 is 0.844. The van der Waals surface area contributed by atoms with E-state index >= 15 is 0 Å². The number of imide groups is 1. The van der Waals surface area contributed by atoms with Crippen LogP contribution in [0.5, 0.6) is 0 Å². The van der Waals surface area contributed by atoms with Gasteiger partial charge in [-0.1, -0.05) is 12.1 Å². The minimum Gasteiger partial charge on any atom is -0.378 e. The Morgan fingerprint density at radius 1 is 1.25 bits per heavy atom. The van der Waals surface area contributed by atoms with Crippen molar-refractivity contribution >= 4 is 45.9 Å². The number of rotatable bonds is 4. The molecule has 0 unspecified atom stereocenters. The van der Waals surface area contributed by atoms with E-state index in [2.05, 4.69) is 4.98 Å². The SMILES string of the molecule is CCn1c(/C=C2\SC(=O)N(CC(=O)N3CCOCC3)C2=O)nc2ccccc21. The van der Waals surface area contributed by atoms with E-state index in [0.29, 0.717) is 38.7 Å². The summed E-state index contributed by atoms with van der Waals surface area (Å²) in [6.07, 6.45) is 1.63. The fourth-order valence-corrected chi connectivity index (χ4v) is 4.15. The number of hydrogen-bond donors (Lipinski definition) is 0. The van der Waals surface area contributed by atoms with Gasteiger partial charge in [-0.3, -0.25) is 19.3 Å². The van der Waals surface area contributed by atoms with Gasteiger partial charge in [0.15, 0.2) is 0 Å². The highest BCUT2D eigenvalue weighted by molar-refractivity contribution is 8.18. The van der Waals surface area contributed by atoms with E-state index in [9.17, 15) is 14.4 Å². The first-order valence-electron chi connectivity index (χ1n) is 9.14. The average Bonchev–Trinajstić information content (AvgIpc) is 3.20. The molecular formula is C19H20N4O4S. The third kappa shape index (κ3) is 3.43. The summed E-state index contributed by atoms with van der Waals surface area (Å²) in [4.78, 5) is 45.0. The highest BCUT2D eigenvalue weighted by atomic mass is 32.2. The van der Waals surface area contributed by atoms with Crippen molar-refractivity contribution in [1.82, 2.24) is 19.4 Å². The quantitative estimate of drug-likeness (QED) is 0.730. The second-order valence-corrected chi connectivity index (χ2v) is 7.46. The molecule has 0 aliphatic carbocycles. The van der Waals surface area contributed by atoms with Crippen LogP contribution in [0.1, 0.15) is 12.7 Å². The number of nitrogens with zero attached hydrogens (tertiary/aromatic N) is 4. The van der Waals surface area contributed by atoms with Crippen molar-refractivity contribution in [1.29, 1.82) is 0 Å². The maximum absolute atomic E-state index is 12.7. The number of morpholine rings is 1. The molecule has 2 aliphatic rings. The molecule has 3 heterocycles. The molecule has 0 atom stereocenters. The topological polar surface area (TPSA) is 84.7 Å². The first-order valence-corrected chi connectivity index (χ1v) is 9.96. The molecular weight excluding hydrogens is 380 g/mol. The Balaban J connectivity index is 1.56. The first-order chi connectivity index (χ1) is 13.6. The number of benzene rings is 1. The number of imidazole rings is 1. The molecule has 0 bridgehead atoms. The van der Waals surface area contributed by atoms with Crippen molar-refractivity contribution in [3.8, 4) is 0 Å². The van der Waals surface area contributed by atoms with Gasteiger partial charge in [0.1, 0.15) is 12.4 Å². The third-order valence-electron chi connectivity index (χ3n) is 4.79. The van der Waals surface area contributed by atoms with E-state index in [-0.39, 0.29) is 17.4 Å². The highest BCUT2D eigenvalue weighted by Gasteiger charge is 2.37. The lowest BCUT2D eigenvalue weighted by molar-refractivity contribution is -0.139. The Hall–Kier alpha value is -2.65. The number of thioether (sulfide) groups is 1. The van der Waals surface area contributed by atoms with Crippen molar-refractivity contribution in [2.24, 2.45) is 0 Å². The zero-order valence-electron chi connectivity index (χ0n) is 15.5. The Labute approximate surface area is 166 Å². The molecule has 146 valence electrons. The van der Waals surface area contributed by atoms with Crippen molar-refractivity contribution in [2.45, 2.75) is 13.5 Å². The van der Waals surface area contributed by atoms with Crippen LogP contribution >= 0.6 is 11.8 Å². The summed E-state index contributed by atoms with van der Waals surface area (Å²) in [7, 11) is 0. The molecule has 2 fully saturated rings. The molecule has 28 heavy (non-hydrogen) atoms. The Morgan fingerprint density at radius 3 is 2.75 bits per heavy atom. The van der Waals surface area contributed by atoms with Gasteiger partial charge in [0, 0.05) is 25.7 Å². The lowest BCUT2D eigenvalue weighted by atomic mass is 10.3. The van der Waals surface area contributed by atoms with Crippen LogP contribution in [0.2, 0.25) is 0 Å². The van der Waals surface area contributed by atoms with Gasteiger partial charge in [0.2, 0.25) is 5.91 Å². The summed E-state index contributed by atoms with van der Waals surface area (Å²) in [5.41, 5.74) is 1.80. The standard InChI is InChI=1S/C19H20N4O4S/c1-2-22-14-6-4-3-5-13(14)20-16(22)11-15-18(25)23(19(26)28-15)12-17(24)21-7-9-27-10-8-21/h3-6,11H,2,7-10,12H2,1H3/b15-11-. The number of amides is 3. The van der Waals surface area contributed by atoms with E-state index in [1.54, 1.807) is 11.0 Å². The van der Waals surface area contributed by atoms with Crippen molar-refractivity contribution in [3.63, 3.8) is 0 Å². The van der Waals surface area contributed by atoms with Crippen molar-refractivity contribution in [2.75, 3.05) is 32.8 Å². The minimum atomic E-state index is -0.452. The number of aromatic nitrogens is 2. The molecule has 2 saturated heterocycles. The molecule has 3 amide bonds. The van der Waals surface area contributed by atoms with Crippen LogP contribution in [0.25, 0.3) is 17.1 Å². The Morgan fingerprint density at radius 2 is 2.00 bits per heavy atom. The summed E-state index contributed by atoms with van der Waals surface area (Å²) in [6, 6.07) is 7.72. The van der Waals surface area contributed by atoms with E-state index in [0.717, 1.165) is 27.7 Å². The first kappa shape index (κ1) is 18.7. The van der Waals surface area contributed by atoms with Gasteiger partial charge < -0.3 is 14.2 Å². The fourth-order valence-electron chi connectivity index (χ4n) is 3.34. The Kier molecular flexibility index (Phi) is 5.19. The zero-order chi connectivity index (χ0) is 19.7. The van der Waals surface area contributed by atoms with Crippen molar-refractivity contribution < 1.29 is 19.1 Å².